The van der Waals surface area contributed by atoms with Crippen LogP contribution in [0, 0.1) is 0 Å². The zero-order valence-electron chi connectivity index (χ0n) is 8.64. The zero-order valence-corrected chi connectivity index (χ0v) is 8.64. The molecular formula is C12H13NO2. The summed E-state index contributed by atoms with van der Waals surface area (Å²) in [6, 6.07) is 7.71. The van der Waals surface area contributed by atoms with E-state index in [-0.39, 0.29) is 0 Å². The fourth-order valence-corrected chi connectivity index (χ4v) is 1.68. The third-order valence-corrected chi connectivity index (χ3v) is 2.47. The Bertz CT molecular complexity index is 473. The van der Waals surface area contributed by atoms with Crippen molar-refractivity contribution in [1.82, 2.24) is 4.57 Å². The number of carbonyl (C=O) groups excluding carboxylic acids is 1. The van der Waals surface area contributed by atoms with Gasteiger partial charge in [-0.15, -0.1) is 0 Å². The highest BCUT2D eigenvalue weighted by atomic mass is 16.5. The SMILES string of the molecule is COCCn1ccc2cc(C=O)ccc21. The molecule has 3 nitrogen and oxygen atoms in total. The second-order valence-electron chi connectivity index (χ2n) is 3.44. The van der Waals surface area contributed by atoms with Crippen LogP contribution >= 0.6 is 0 Å². The Balaban J connectivity index is 2.38. The molecule has 78 valence electrons. The number of fused-ring (bicyclic) bond motifs is 1. The standard InChI is InChI=1S/C12H13NO2/c1-15-7-6-13-5-4-11-8-10(9-14)2-3-12(11)13/h2-5,8-9H,6-7H2,1H3. The fraction of sp³-hybridized carbons (Fsp3) is 0.250. The number of aldehydes is 1. The maximum atomic E-state index is 10.6. The lowest BCUT2D eigenvalue weighted by atomic mass is 10.2. The zero-order chi connectivity index (χ0) is 10.7. The molecule has 2 rings (SSSR count). The van der Waals surface area contributed by atoms with Gasteiger partial charge in [0.15, 0.2) is 0 Å². The number of methoxy groups -OCH3 is 1. The summed E-state index contributed by atoms with van der Waals surface area (Å²) in [6.45, 7) is 1.53. The summed E-state index contributed by atoms with van der Waals surface area (Å²) in [6.07, 6.45) is 2.88. The molecule has 0 amide bonds. The lowest BCUT2D eigenvalue weighted by molar-refractivity contribution is 0.112. The van der Waals surface area contributed by atoms with Crippen LogP contribution in [0.4, 0.5) is 0 Å². The number of rotatable bonds is 4. The second-order valence-corrected chi connectivity index (χ2v) is 3.44. The van der Waals surface area contributed by atoms with Gasteiger partial charge in [0.25, 0.3) is 0 Å². The maximum Gasteiger partial charge on any atom is 0.150 e. The minimum atomic E-state index is 0.694. The fourth-order valence-electron chi connectivity index (χ4n) is 1.68. The first kappa shape index (κ1) is 9.93. The van der Waals surface area contributed by atoms with E-state index in [0.29, 0.717) is 12.2 Å². The third-order valence-electron chi connectivity index (χ3n) is 2.47. The largest absolute Gasteiger partial charge is 0.383 e. The summed E-state index contributed by atoms with van der Waals surface area (Å²) in [7, 11) is 1.69. The molecule has 0 aliphatic rings. The van der Waals surface area contributed by atoms with Gasteiger partial charge in [-0.05, 0) is 24.3 Å². The predicted molar refractivity (Wildman–Crippen MR) is 59.2 cm³/mol. The minimum absolute atomic E-state index is 0.694. The molecule has 0 fully saturated rings. The number of ether oxygens (including phenoxy) is 1. The number of benzene rings is 1. The third kappa shape index (κ3) is 1.92. The molecule has 1 aromatic carbocycles. The molecule has 1 heterocycles. The van der Waals surface area contributed by atoms with E-state index in [2.05, 4.69) is 4.57 Å². The van der Waals surface area contributed by atoms with E-state index in [1.165, 1.54) is 0 Å². The molecule has 0 unspecified atom stereocenters. The summed E-state index contributed by atoms with van der Waals surface area (Å²) in [5.41, 5.74) is 1.85. The predicted octanol–water partition coefficient (Wildman–Crippen LogP) is 2.10. The van der Waals surface area contributed by atoms with Gasteiger partial charge in [-0.2, -0.15) is 0 Å². The van der Waals surface area contributed by atoms with Gasteiger partial charge in [-0.1, -0.05) is 0 Å². The summed E-state index contributed by atoms with van der Waals surface area (Å²) < 4.78 is 7.15. The summed E-state index contributed by atoms with van der Waals surface area (Å²) in [5, 5.41) is 1.09. The number of hydrogen-bond acceptors (Lipinski definition) is 2. The number of nitrogens with zero attached hydrogens (tertiary/aromatic N) is 1. The van der Waals surface area contributed by atoms with Crippen molar-refractivity contribution < 1.29 is 9.53 Å². The van der Waals surface area contributed by atoms with Crippen molar-refractivity contribution in [3.63, 3.8) is 0 Å². The van der Waals surface area contributed by atoms with E-state index in [0.717, 1.165) is 23.7 Å². The van der Waals surface area contributed by atoms with Crippen LogP contribution in [-0.4, -0.2) is 24.6 Å². The van der Waals surface area contributed by atoms with Crippen molar-refractivity contribution in [2.45, 2.75) is 6.54 Å². The summed E-state index contributed by atoms with van der Waals surface area (Å²) in [5.74, 6) is 0. The van der Waals surface area contributed by atoms with E-state index in [1.807, 2.05) is 30.5 Å². The van der Waals surface area contributed by atoms with E-state index >= 15 is 0 Å². The lowest BCUT2D eigenvalue weighted by Gasteiger charge is -2.03. The molecule has 0 aliphatic heterocycles. The van der Waals surface area contributed by atoms with Crippen molar-refractivity contribution in [3.05, 3.63) is 36.0 Å². The molecule has 0 saturated heterocycles. The van der Waals surface area contributed by atoms with E-state index in [9.17, 15) is 4.79 Å². The van der Waals surface area contributed by atoms with Crippen LogP contribution in [0.25, 0.3) is 10.9 Å². The molecule has 0 atom stereocenters. The average molecular weight is 203 g/mol. The molecule has 0 spiro atoms. The Kier molecular flexibility index (Phi) is 2.83. The lowest BCUT2D eigenvalue weighted by Crippen LogP contribution is -2.02. The first-order chi connectivity index (χ1) is 7.35. The Morgan fingerprint density at radius 1 is 1.40 bits per heavy atom. The molecular weight excluding hydrogens is 190 g/mol. The second kappa shape index (κ2) is 4.28. The molecule has 0 aliphatic carbocycles. The molecule has 0 bridgehead atoms. The monoisotopic (exact) mass is 203 g/mol. The number of carbonyl (C=O) groups is 1. The molecule has 2 aromatic rings. The Labute approximate surface area is 88.3 Å². The van der Waals surface area contributed by atoms with E-state index < -0.39 is 0 Å². The summed E-state index contributed by atoms with van der Waals surface area (Å²) in [4.78, 5) is 10.6. The minimum Gasteiger partial charge on any atom is -0.383 e. The van der Waals surface area contributed by atoms with Crippen LogP contribution in [0.3, 0.4) is 0 Å². The van der Waals surface area contributed by atoms with Crippen LogP contribution in [0.5, 0.6) is 0 Å². The summed E-state index contributed by atoms with van der Waals surface area (Å²) >= 11 is 0. The van der Waals surface area contributed by atoms with E-state index in [4.69, 9.17) is 4.74 Å². The molecule has 0 saturated carbocycles. The van der Waals surface area contributed by atoms with Gasteiger partial charge in [-0.3, -0.25) is 4.79 Å². The molecule has 3 heteroatoms. The molecule has 15 heavy (non-hydrogen) atoms. The Morgan fingerprint density at radius 2 is 2.27 bits per heavy atom. The van der Waals surface area contributed by atoms with Gasteiger partial charge in [0.05, 0.1) is 6.61 Å². The van der Waals surface area contributed by atoms with Gasteiger partial charge in [-0.25, -0.2) is 0 Å². The highest BCUT2D eigenvalue weighted by Crippen LogP contribution is 2.16. The van der Waals surface area contributed by atoms with Crippen LogP contribution < -0.4 is 0 Å². The Hall–Kier alpha value is -1.61. The van der Waals surface area contributed by atoms with Crippen LogP contribution in [0.2, 0.25) is 0 Å². The molecule has 0 radical (unpaired) electrons. The van der Waals surface area contributed by atoms with Crippen LogP contribution in [-0.2, 0) is 11.3 Å². The van der Waals surface area contributed by atoms with Crippen molar-refractivity contribution in [3.8, 4) is 0 Å². The maximum absolute atomic E-state index is 10.6. The smallest absolute Gasteiger partial charge is 0.150 e. The van der Waals surface area contributed by atoms with Gasteiger partial charge >= 0.3 is 0 Å². The first-order valence-corrected chi connectivity index (χ1v) is 4.88. The average Bonchev–Trinajstić information content (AvgIpc) is 2.68. The topological polar surface area (TPSA) is 31.2 Å². The normalized spacial score (nSPS) is 10.7. The van der Waals surface area contributed by atoms with Crippen molar-refractivity contribution in [2.24, 2.45) is 0 Å². The molecule has 1 aromatic heterocycles. The van der Waals surface area contributed by atoms with Gasteiger partial charge in [0, 0.05) is 36.3 Å². The van der Waals surface area contributed by atoms with Crippen molar-refractivity contribution in [1.29, 1.82) is 0 Å². The van der Waals surface area contributed by atoms with Crippen LogP contribution in [0.15, 0.2) is 30.5 Å². The van der Waals surface area contributed by atoms with Gasteiger partial charge in [0.1, 0.15) is 6.29 Å². The van der Waals surface area contributed by atoms with E-state index in [1.54, 1.807) is 7.11 Å². The van der Waals surface area contributed by atoms with Crippen molar-refractivity contribution >= 4 is 17.2 Å². The number of aromatic nitrogens is 1. The quantitative estimate of drug-likeness (QED) is 0.712. The van der Waals surface area contributed by atoms with Crippen LogP contribution in [0.1, 0.15) is 10.4 Å². The first-order valence-electron chi connectivity index (χ1n) is 4.88. The van der Waals surface area contributed by atoms with Crippen molar-refractivity contribution in [2.75, 3.05) is 13.7 Å². The van der Waals surface area contributed by atoms with Gasteiger partial charge < -0.3 is 9.30 Å². The Morgan fingerprint density at radius 3 is 3.00 bits per heavy atom. The highest BCUT2D eigenvalue weighted by Gasteiger charge is 2.01. The van der Waals surface area contributed by atoms with Gasteiger partial charge in [0.2, 0.25) is 0 Å². The highest BCUT2D eigenvalue weighted by molar-refractivity contribution is 5.87. The number of hydrogen-bond donors (Lipinski definition) is 0. The molecule has 0 N–H and O–H groups in total.